The number of anilines is 1. The molecule has 1 unspecified atom stereocenters. The number of carbonyl (C=O) groups excluding carboxylic acids is 1. The van der Waals surface area contributed by atoms with Gasteiger partial charge in [0.05, 0.1) is 10.6 Å². The first kappa shape index (κ1) is 16.2. The average molecular weight is 305 g/mol. The van der Waals surface area contributed by atoms with Crippen molar-refractivity contribution in [2.45, 2.75) is 25.6 Å². The number of thiocarbonyl (C=S) groups is 1. The Morgan fingerprint density at radius 2 is 1.90 bits per heavy atom. The molecule has 4 nitrogen and oxygen atoms in total. The van der Waals surface area contributed by atoms with Crippen molar-refractivity contribution in [2.24, 2.45) is 5.73 Å². The number of rotatable bonds is 4. The molecular formula is C12H14F3N3OS. The molecule has 1 rings (SSSR count). The van der Waals surface area contributed by atoms with Crippen LogP contribution in [0.5, 0.6) is 0 Å². The molecular weight excluding hydrogens is 291 g/mol. The standard InChI is InChI=1S/C12H14F3N3OS/c1-7(6-10(16)20)17-11(19)18-9-4-2-8(3-5-9)12(13,14)15/h2-5,7H,6H2,1H3,(H2,16,20)(H2,17,18,19). The third-order valence-electron chi connectivity index (χ3n) is 2.35. The van der Waals surface area contributed by atoms with E-state index in [-0.39, 0.29) is 16.7 Å². The summed E-state index contributed by atoms with van der Waals surface area (Å²) in [5, 5.41) is 4.99. The van der Waals surface area contributed by atoms with Gasteiger partial charge in [0.15, 0.2) is 0 Å². The van der Waals surface area contributed by atoms with E-state index in [1.807, 2.05) is 0 Å². The zero-order chi connectivity index (χ0) is 15.3. The van der Waals surface area contributed by atoms with Crippen LogP contribution in [0.25, 0.3) is 0 Å². The third kappa shape index (κ3) is 5.43. The summed E-state index contributed by atoms with van der Waals surface area (Å²) >= 11 is 4.70. The third-order valence-corrected chi connectivity index (χ3v) is 2.52. The number of hydrogen-bond donors (Lipinski definition) is 3. The van der Waals surface area contributed by atoms with Gasteiger partial charge < -0.3 is 16.4 Å². The maximum absolute atomic E-state index is 12.4. The maximum atomic E-state index is 12.4. The van der Waals surface area contributed by atoms with Crippen LogP contribution in [0.1, 0.15) is 18.9 Å². The molecule has 2 amide bonds. The van der Waals surface area contributed by atoms with E-state index in [2.05, 4.69) is 10.6 Å². The molecule has 4 N–H and O–H groups in total. The lowest BCUT2D eigenvalue weighted by Crippen LogP contribution is -2.38. The highest BCUT2D eigenvalue weighted by Gasteiger charge is 2.29. The molecule has 0 aromatic heterocycles. The average Bonchev–Trinajstić information content (AvgIpc) is 2.26. The van der Waals surface area contributed by atoms with Gasteiger partial charge in [0.1, 0.15) is 0 Å². The summed E-state index contributed by atoms with van der Waals surface area (Å²) in [5.74, 6) is 0. The first-order chi connectivity index (χ1) is 9.18. The van der Waals surface area contributed by atoms with E-state index in [4.69, 9.17) is 18.0 Å². The fraction of sp³-hybridized carbons (Fsp3) is 0.333. The highest BCUT2D eigenvalue weighted by atomic mass is 32.1. The molecule has 20 heavy (non-hydrogen) atoms. The number of nitrogens with two attached hydrogens (primary N) is 1. The minimum atomic E-state index is -4.40. The van der Waals surface area contributed by atoms with Crippen molar-refractivity contribution in [1.29, 1.82) is 0 Å². The van der Waals surface area contributed by atoms with Crippen LogP contribution in [0.3, 0.4) is 0 Å². The van der Waals surface area contributed by atoms with E-state index < -0.39 is 17.8 Å². The molecule has 1 atom stereocenters. The second kappa shape index (κ2) is 6.56. The van der Waals surface area contributed by atoms with E-state index in [0.717, 1.165) is 12.1 Å². The molecule has 0 bridgehead atoms. The molecule has 0 aliphatic rings. The molecule has 110 valence electrons. The van der Waals surface area contributed by atoms with Gasteiger partial charge in [-0.05, 0) is 31.2 Å². The number of halogens is 3. The lowest BCUT2D eigenvalue weighted by Gasteiger charge is -2.14. The lowest BCUT2D eigenvalue weighted by molar-refractivity contribution is -0.137. The second-order valence-electron chi connectivity index (χ2n) is 4.25. The minimum Gasteiger partial charge on any atom is -0.393 e. The van der Waals surface area contributed by atoms with Gasteiger partial charge in [0.2, 0.25) is 0 Å². The van der Waals surface area contributed by atoms with Crippen molar-refractivity contribution in [1.82, 2.24) is 5.32 Å². The number of alkyl halides is 3. The van der Waals surface area contributed by atoms with Crippen molar-refractivity contribution in [3.8, 4) is 0 Å². The molecule has 8 heteroatoms. The first-order valence-corrected chi connectivity index (χ1v) is 6.12. The summed E-state index contributed by atoms with van der Waals surface area (Å²) in [6.07, 6.45) is -4.05. The van der Waals surface area contributed by atoms with Gasteiger partial charge in [0, 0.05) is 18.2 Å². The number of carbonyl (C=O) groups is 1. The number of amides is 2. The summed E-state index contributed by atoms with van der Waals surface area (Å²) in [6.45, 7) is 1.71. The largest absolute Gasteiger partial charge is 0.416 e. The fourth-order valence-corrected chi connectivity index (χ4v) is 1.74. The highest BCUT2D eigenvalue weighted by molar-refractivity contribution is 7.80. The molecule has 0 heterocycles. The summed E-state index contributed by atoms with van der Waals surface area (Å²) in [4.78, 5) is 11.8. The van der Waals surface area contributed by atoms with Gasteiger partial charge in [-0.2, -0.15) is 13.2 Å². The van der Waals surface area contributed by atoms with Crippen LogP contribution in [0.4, 0.5) is 23.7 Å². The van der Waals surface area contributed by atoms with Crippen LogP contribution in [-0.4, -0.2) is 17.1 Å². The first-order valence-electron chi connectivity index (χ1n) is 5.71. The zero-order valence-corrected chi connectivity index (χ0v) is 11.4. The molecule has 0 spiro atoms. The molecule has 0 radical (unpaired) electrons. The van der Waals surface area contributed by atoms with E-state index in [0.29, 0.717) is 6.42 Å². The summed E-state index contributed by atoms with van der Waals surface area (Å²) in [7, 11) is 0. The summed E-state index contributed by atoms with van der Waals surface area (Å²) in [6, 6.07) is 3.36. The van der Waals surface area contributed by atoms with Crippen LogP contribution >= 0.6 is 12.2 Å². The topological polar surface area (TPSA) is 67.1 Å². The van der Waals surface area contributed by atoms with E-state index in [9.17, 15) is 18.0 Å². The van der Waals surface area contributed by atoms with Gasteiger partial charge in [-0.15, -0.1) is 0 Å². The smallest absolute Gasteiger partial charge is 0.393 e. The normalized spacial score (nSPS) is 12.6. The Kier molecular flexibility index (Phi) is 5.32. The van der Waals surface area contributed by atoms with Crippen molar-refractivity contribution < 1.29 is 18.0 Å². The summed E-state index contributed by atoms with van der Waals surface area (Å²) in [5.41, 5.74) is 4.82. The molecule has 1 aromatic rings. The van der Waals surface area contributed by atoms with E-state index in [1.54, 1.807) is 6.92 Å². The van der Waals surface area contributed by atoms with Crippen LogP contribution in [0.2, 0.25) is 0 Å². The molecule has 0 saturated heterocycles. The Balaban J connectivity index is 2.56. The number of hydrogen-bond acceptors (Lipinski definition) is 2. The lowest BCUT2D eigenvalue weighted by atomic mass is 10.2. The Morgan fingerprint density at radius 1 is 1.35 bits per heavy atom. The van der Waals surface area contributed by atoms with Crippen molar-refractivity contribution in [2.75, 3.05) is 5.32 Å². The van der Waals surface area contributed by atoms with Crippen LogP contribution < -0.4 is 16.4 Å². The number of nitrogens with one attached hydrogen (secondary N) is 2. The van der Waals surface area contributed by atoms with Crippen LogP contribution in [-0.2, 0) is 6.18 Å². The van der Waals surface area contributed by atoms with Crippen molar-refractivity contribution in [3.05, 3.63) is 29.8 Å². The van der Waals surface area contributed by atoms with Gasteiger partial charge in [0.25, 0.3) is 0 Å². The molecule has 1 aromatic carbocycles. The SMILES string of the molecule is CC(CC(N)=S)NC(=O)Nc1ccc(C(F)(F)F)cc1. The Labute approximate surface area is 119 Å². The Bertz CT molecular complexity index is 488. The predicted octanol–water partition coefficient (Wildman–Crippen LogP) is 2.89. The Hall–Kier alpha value is -1.83. The predicted molar refractivity (Wildman–Crippen MR) is 74.5 cm³/mol. The highest BCUT2D eigenvalue weighted by Crippen LogP contribution is 2.29. The number of urea groups is 1. The van der Waals surface area contributed by atoms with E-state index in [1.165, 1.54) is 12.1 Å². The van der Waals surface area contributed by atoms with Gasteiger partial charge in [-0.3, -0.25) is 0 Å². The molecule has 0 aliphatic carbocycles. The van der Waals surface area contributed by atoms with Crippen molar-refractivity contribution in [3.63, 3.8) is 0 Å². The van der Waals surface area contributed by atoms with Crippen LogP contribution in [0.15, 0.2) is 24.3 Å². The Morgan fingerprint density at radius 3 is 2.35 bits per heavy atom. The molecule has 0 aliphatic heterocycles. The van der Waals surface area contributed by atoms with Crippen LogP contribution in [0, 0.1) is 0 Å². The summed E-state index contributed by atoms with van der Waals surface area (Å²) < 4.78 is 37.1. The van der Waals surface area contributed by atoms with Gasteiger partial charge >= 0.3 is 12.2 Å². The zero-order valence-electron chi connectivity index (χ0n) is 10.6. The molecule has 0 saturated carbocycles. The van der Waals surface area contributed by atoms with E-state index >= 15 is 0 Å². The number of benzene rings is 1. The maximum Gasteiger partial charge on any atom is 0.416 e. The van der Waals surface area contributed by atoms with Gasteiger partial charge in [-0.25, -0.2) is 4.79 Å². The van der Waals surface area contributed by atoms with Crippen molar-refractivity contribution >= 4 is 28.9 Å². The van der Waals surface area contributed by atoms with Gasteiger partial charge in [-0.1, -0.05) is 12.2 Å². The monoisotopic (exact) mass is 305 g/mol. The molecule has 0 fully saturated rings. The second-order valence-corrected chi connectivity index (χ2v) is 4.77. The minimum absolute atomic E-state index is 0.262. The fourth-order valence-electron chi connectivity index (χ4n) is 1.49. The quantitative estimate of drug-likeness (QED) is 0.749.